The molecule has 1 aliphatic heterocycles. The van der Waals surface area contributed by atoms with E-state index in [-0.39, 0.29) is 25.3 Å². The van der Waals surface area contributed by atoms with Crippen molar-refractivity contribution in [3.8, 4) is 0 Å². The molecular formula is C25H28N6O4. The van der Waals surface area contributed by atoms with Crippen molar-refractivity contribution >= 4 is 23.5 Å². The maximum absolute atomic E-state index is 13.4. The summed E-state index contributed by atoms with van der Waals surface area (Å²) in [5, 5.41) is 9.46. The SMILES string of the molecule is Cc1cccc(NC(=O)N2CCN(C(=O)c3cc(C)on3)C2C(=O)NCc2cccc(CN)c2)c1. The van der Waals surface area contributed by atoms with Crippen molar-refractivity contribution < 1.29 is 18.9 Å². The first-order chi connectivity index (χ1) is 16.9. The van der Waals surface area contributed by atoms with E-state index in [0.717, 1.165) is 16.7 Å². The van der Waals surface area contributed by atoms with Crippen molar-refractivity contribution in [3.05, 3.63) is 82.7 Å². The molecule has 4 rings (SSSR count). The van der Waals surface area contributed by atoms with Crippen LogP contribution in [-0.2, 0) is 17.9 Å². The molecule has 10 heteroatoms. The highest BCUT2D eigenvalue weighted by Crippen LogP contribution is 2.21. The van der Waals surface area contributed by atoms with Crippen molar-refractivity contribution in [3.63, 3.8) is 0 Å². The number of hydrogen-bond donors (Lipinski definition) is 3. The van der Waals surface area contributed by atoms with Gasteiger partial charge in [0.05, 0.1) is 0 Å². The average Bonchev–Trinajstić information content (AvgIpc) is 3.49. The molecule has 182 valence electrons. The zero-order valence-corrected chi connectivity index (χ0v) is 19.7. The smallest absolute Gasteiger partial charge is 0.323 e. The fraction of sp³-hybridized carbons (Fsp3) is 0.280. The van der Waals surface area contributed by atoms with E-state index in [9.17, 15) is 14.4 Å². The number of nitrogens with zero attached hydrogens (tertiary/aromatic N) is 3. The molecule has 0 spiro atoms. The van der Waals surface area contributed by atoms with Crippen LogP contribution in [0.4, 0.5) is 10.5 Å². The molecule has 0 saturated carbocycles. The predicted molar refractivity (Wildman–Crippen MR) is 129 cm³/mol. The molecule has 1 aromatic heterocycles. The van der Waals surface area contributed by atoms with Gasteiger partial charge < -0.3 is 25.8 Å². The van der Waals surface area contributed by atoms with Gasteiger partial charge in [0.1, 0.15) is 5.76 Å². The number of urea groups is 1. The van der Waals surface area contributed by atoms with Crippen molar-refractivity contribution in [2.45, 2.75) is 33.1 Å². The third-order valence-corrected chi connectivity index (χ3v) is 5.74. The molecule has 0 bridgehead atoms. The first kappa shape index (κ1) is 24.0. The van der Waals surface area contributed by atoms with Crippen LogP contribution < -0.4 is 16.4 Å². The molecule has 0 radical (unpaired) electrons. The van der Waals surface area contributed by atoms with E-state index in [1.165, 1.54) is 15.9 Å². The Kier molecular flexibility index (Phi) is 7.11. The van der Waals surface area contributed by atoms with Crippen LogP contribution in [0, 0.1) is 13.8 Å². The lowest BCUT2D eigenvalue weighted by atomic mass is 10.1. The van der Waals surface area contributed by atoms with Crippen LogP contribution >= 0.6 is 0 Å². The molecule has 2 heterocycles. The van der Waals surface area contributed by atoms with Crippen LogP contribution in [0.1, 0.15) is 32.9 Å². The molecule has 2 aromatic carbocycles. The molecule has 35 heavy (non-hydrogen) atoms. The first-order valence-corrected chi connectivity index (χ1v) is 11.3. The van der Waals surface area contributed by atoms with Gasteiger partial charge in [-0.05, 0) is 42.7 Å². The summed E-state index contributed by atoms with van der Waals surface area (Å²) in [4.78, 5) is 42.3. The minimum Gasteiger partial charge on any atom is -0.361 e. The highest BCUT2D eigenvalue weighted by atomic mass is 16.5. The average molecular weight is 477 g/mol. The Morgan fingerprint density at radius 3 is 2.49 bits per heavy atom. The fourth-order valence-corrected chi connectivity index (χ4v) is 4.02. The van der Waals surface area contributed by atoms with E-state index in [1.807, 2.05) is 49.4 Å². The lowest BCUT2D eigenvalue weighted by Crippen LogP contribution is -2.54. The Balaban J connectivity index is 1.55. The van der Waals surface area contributed by atoms with Gasteiger partial charge in [0.2, 0.25) is 0 Å². The molecule has 4 N–H and O–H groups in total. The van der Waals surface area contributed by atoms with Crippen molar-refractivity contribution in [1.29, 1.82) is 0 Å². The summed E-state index contributed by atoms with van der Waals surface area (Å²) in [7, 11) is 0. The summed E-state index contributed by atoms with van der Waals surface area (Å²) in [5.74, 6) is -0.492. The zero-order valence-electron chi connectivity index (χ0n) is 19.7. The second-order valence-corrected chi connectivity index (χ2v) is 8.43. The maximum Gasteiger partial charge on any atom is 0.323 e. The molecule has 1 unspecified atom stereocenters. The first-order valence-electron chi connectivity index (χ1n) is 11.3. The number of benzene rings is 2. The largest absolute Gasteiger partial charge is 0.361 e. The van der Waals surface area contributed by atoms with Crippen LogP contribution in [0.15, 0.2) is 59.1 Å². The number of amides is 4. The highest BCUT2D eigenvalue weighted by molar-refractivity contribution is 5.99. The molecule has 1 fully saturated rings. The van der Waals surface area contributed by atoms with Gasteiger partial charge in [-0.15, -0.1) is 0 Å². The number of aryl methyl sites for hydroxylation is 2. The summed E-state index contributed by atoms with van der Waals surface area (Å²) in [6, 6.07) is 15.9. The standard InChI is InChI=1S/C25H28N6O4/c1-16-5-3-8-20(11-16)28-25(34)31-10-9-30(24(33)21-12-17(2)35-29-21)23(31)22(32)27-15-19-7-4-6-18(13-19)14-26/h3-8,11-13,23H,9-10,14-15,26H2,1-2H3,(H,27,32)(H,28,34). The molecule has 10 nitrogen and oxygen atoms in total. The quantitative estimate of drug-likeness (QED) is 0.500. The molecule has 3 aromatic rings. The monoisotopic (exact) mass is 476 g/mol. The van der Waals surface area contributed by atoms with Crippen LogP contribution in [0.5, 0.6) is 0 Å². The number of rotatable bonds is 6. The van der Waals surface area contributed by atoms with Gasteiger partial charge in [0.15, 0.2) is 11.9 Å². The summed E-state index contributed by atoms with van der Waals surface area (Å²) >= 11 is 0. The molecule has 1 atom stereocenters. The van der Waals surface area contributed by atoms with Gasteiger partial charge in [0.25, 0.3) is 11.8 Å². The minimum absolute atomic E-state index is 0.0805. The maximum atomic E-state index is 13.4. The van der Waals surface area contributed by atoms with Crippen LogP contribution in [0.25, 0.3) is 0 Å². The minimum atomic E-state index is -1.15. The Hall–Kier alpha value is -4.18. The van der Waals surface area contributed by atoms with E-state index < -0.39 is 24.0 Å². The fourth-order valence-electron chi connectivity index (χ4n) is 4.02. The number of carbonyl (C=O) groups excluding carboxylic acids is 3. The van der Waals surface area contributed by atoms with Crippen molar-refractivity contribution in [2.24, 2.45) is 5.73 Å². The van der Waals surface area contributed by atoms with Crippen LogP contribution in [0.3, 0.4) is 0 Å². The molecular weight excluding hydrogens is 448 g/mol. The van der Waals surface area contributed by atoms with Gasteiger partial charge in [-0.25, -0.2) is 4.79 Å². The van der Waals surface area contributed by atoms with Crippen molar-refractivity contribution in [2.75, 3.05) is 18.4 Å². The normalized spacial score (nSPS) is 15.2. The topological polar surface area (TPSA) is 134 Å². The van der Waals surface area contributed by atoms with Crippen molar-refractivity contribution in [1.82, 2.24) is 20.3 Å². The van der Waals surface area contributed by atoms with E-state index in [1.54, 1.807) is 13.0 Å². The Labute approximate surface area is 203 Å². The number of anilines is 1. The Bertz CT molecular complexity index is 1240. The molecule has 0 aliphatic carbocycles. The number of hydrogen-bond acceptors (Lipinski definition) is 6. The number of nitrogens with two attached hydrogens (primary N) is 1. The summed E-state index contributed by atoms with van der Waals surface area (Å²) in [5.41, 5.74) is 9.18. The molecule has 4 amide bonds. The van der Waals surface area contributed by atoms with E-state index >= 15 is 0 Å². The van der Waals surface area contributed by atoms with Gasteiger partial charge in [0, 0.05) is 37.9 Å². The van der Waals surface area contributed by atoms with E-state index in [0.29, 0.717) is 18.0 Å². The third kappa shape index (κ3) is 5.49. The summed E-state index contributed by atoms with van der Waals surface area (Å²) in [6.07, 6.45) is -1.15. The predicted octanol–water partition coefficient (Wildman–Crippen LogP) is 2.38. The lowest BCUT2D eigenvalue weighted by molar-refractivity contribution is -0.128. The summed E-state index contributed by atoms with van der Waals surface area (Å²) in [6.45, 7) is 4.56. The Morgan fingerprint density at radius 2 is 1.77 bits per heavy atom. The molecule has 1 saturated heterocycles. The van der Waals surface area contributed by atoms with Gasteiger partial charge in [-0.2, -0.15) is 0 Å². The summed E-state index contributed by atoms with van der Waals surface area (Å²) < 4.78 is 5.03. The van der Waals surface area contributed by atoms with Gasteiger partial charge in [-0.3, -0.25) is 14.5 Å². The Morgan fingerprint density at radius 1 is 1.03 bits per heavy atom. The van der Waals surface area contributed by atoms with Crippen LogP contribution in [-0.4, -0.2) is 52.1 Å². The second-order valence-electron chi connectivity index (χ2n) is 8.43. The number of nitrogens with one attached hydrogen (secondary N) is 2. The van der Waals surface area contributed by atoms with Crippen LogP contribution in [0.2, 0.25) is 0 Å². The lowest BCUT2D eigenvalue weighted by Gasteiger charge is -2.28. The third-order valence-electron chi connectivity index (χ3n) is 5.74. The van der Waals surface area contributed by atoms with E-state index in [4.69, 9.17) is 10.3 Å². The number of aromatic nitrogens is 1. The van der Waals surface area contributed by atoms with Gasteiger partial charge >= 0.3 is 6.03 Å². The van der Waals surface area contributed by atoms with Gasteiger partial charge in [-0.1, -0.05) is 41.6 Å². The molecule has 1 aliphatic rings. The number of carbonyl (C=O) groups is 3. The highest BCUT2D eigenvalue weighted by Gasteiger charge is 2.43. The second kappa shape index (κ2) is 10.4. The zero-order chi connectivity index (χ0) is 24.9. The van der Waals surface area contributed by atoms with E-state index in [2.05, 4.69) is 15.8 Å².